The second-order valence-electron chi connectivity index (χ2n) is 12.2. The largest absolute Gasteiger partial charge is 0.460 e. The van der Waals surface area contributed by atoms with Crippen molar-refractivity contribution < 1.29 is 14.3 Å². The van der Waals surface area contributed by atoms with Crippen LogP contribution >= 0.6 is 0 Å². The van der Waals surface area contributed by atoms with Crippen molar-refractivity contribution in [2.45, 2.75) is 77.0 Å². The fourth-order valence-corrected chi connectivity index (χ4v) is 6.19. The molecule has 0 saturated heterocycles. The van der Waals surface area contributed by atoms with Gasteiger partial charge in [0.2, 0.25) is 0 Å². The topological polar surface area (TPSA) is 86.2 Å². The molecule has 2 unspecified atom stereocenters. The van der Waals surface area contributed by atoms with Crippen molar-refractivity contribution in [3.05, 3.63) is 81.5 Å². The van der Waals surface area contributed by atoms with Crippen LogP contribution in [-0.4, -0.2) is 33.4 Å². The fraction of sp³-hybridized carbons (Fsp3) is 0.382. The van der Waals surface area contributed by atoms with E-state index in [1.807, 2.05) is 75.4 Å². The minimum absolute atomic E-state index is 0.00506. The molecular formula is C34H35N3O3. The molecule has 3 aliphatic rings. The summed E-state index contributed by atoms with van der Waals surface area (Å²) in [4.78, 5) is 32.5. The molecule has 0 aliphatic heterocycles. The van der Waals surface area contributed by atoms with Crippen molar-refractivity contribution >= 4 is 24.0 Å². The van der Waals surface area contributed by atoms with E-state index in [0.29, 0.717) is 17.5 Å². The first-order chi connectivity index (χ1) is 19.2. The highest BCUT2D eigenvalue weighted by atomic mass is 16.6. The molecule has 1 aromatic heterocycles. The van der Waals surface area contributed by atoms with Crippen molar-refractivity contribution in [1.82, 2.24) is 9.88 Å². The van der Waals surface area contributed by atoms with Crippen molar-refractivity contribution in [2.75, 3.05) is 0 Å². The number of amides is 1. The van der Waals surface area contributed by atoms with Crippen LogP contribution in [0, 0.1) is 17.2 Å². The van der Waals surface area contributed by atoms with E-state index < -0.39 is 5.60 Å². The summed E-state index contributed by atoms with van der Waals surface area (Å²) in [6, 6.07) is 17.7. The van der Waals surface area contributed by atoms with E-state index in [-0.39, 0.29) is 29.9 Å². The smallest absolute Gasteiger partial charge is 0.313 e. The molecule has 6 heteroatoms. The fourth-order valence-electron chi connectivity index (χ4n) is 6.19. The van der Waals surface area contributed by atoms with Gasteiger partial charge in [0.05, 0.1) is 23.6 Å². The Morgan fingerprint density at radius 1 is 1.00 bits per heavy atom. The van der Waals surface area contributed by atoms with Gasteiger partial charge in [0, 0.05) is 27.9 Å². The summed E-state index contributed by atoms with van der Waals surface area (Å²) in [5.74, 6) is -0.389. The maximum atomic E-state index is 14.1. The molecule has 1 saturated carbocycles. The van der Waals surface area contributed by atoms with Gasteiger partial charge in [-0.15, -0.1) is 0 Å². The predicted molar refractivity (Wildman–Crippen MR) is 154 cm³/mol. The summed E-state index contributed by atoms with van der Waals surface area (Å²) in [7, 11) is 0. The minimum Gasteiger partial charge on any atom is -0.460 e. The third-order valence-corrected chi connectivity index (χ3v) is 8.12. The first-order valence-electron chi connectivity index (χ1n) is 14.3. The van der Waals surface area contributed by atoms with Crippen LogP contribution in [0.1, 0.15) is 86.0 Å². The van der Waals surface area contributed by atoms with Crippen LogP contribution < -0.4 is 10.7 Å². The quantitative estimate of drug-likeness (QED) is 0.459. The van der Waals surface area contributed by atoms with Crippen LogP contribution in [0.2, 0.25) is 0 Å². The van der Waals surface area contributed by atoms with Gasteiger partial charge in [0.1, 0.15) is 5.60 Å². The van der Waals surface area contributed by atoms with E-state index in [0.717, 1.165) is 53.9 Å². The van der Waals surface area contributed by atoms with E-state index in [4.69, 9.17) is 4.74 Å². The molecule has 204 valence electrons. The Labute approximate surface area is 235 Å². The van der Waals surface area contributed by atoms with Crippen LogP contribution in [0.5, 0.6) is 0 Å². The first-order valence-corrected chi connectivity index (χ1v) is 14.3. The van der Waals surface area contributed by atoms with Crippen molar-refractivity contribution in [3.8, 4) is 17.2 Å². The summed E-state index contributed by atoms with van der Waals surface area (Å²) in [6.07, 6.45) is 9.58. The number of nitrogens with zero attached hydrogens (tertiary/aromatic N) is 2. The van der Waals surface area contributed by atoms with E-state index in [9.17, 15) is 14.9 Å². The first kappa shape index (κ1) is 26.1. The summed E-state index contributed by atoms with van der Waals surface area (Å²) in [6.45, 7) is 5.69. The maximum absolute atomic E-state index is 14.1. The molecule has 0 bridgehead atoms. The van der Waals surface area contributed by atoms with Gasteiger partial charge < -0.3 is 14.6 Å². The summed E-state index contributed by atoms with van der Waals surface area (Å²) < 4.78 is 5.66. The summed E-state index contributed by atoms with van der Waals surface area (Å²) >= 11 is 0. The highest BCUT2D eigenvalue weighted by molar-refractivity contribution is 5.95. The number of hydrogen-bond acceptors (Lipinski definition) is 4. The van der Waals surface area contributed by atoms with Crippen LogP contribution in [0.25, 0.3) is 23.3 Å². The van der Waals surface area contributed by atoms with Crippen LogP contribution in [0.15, 0.2) is 48.5 Å². The number of fused-ring (bicyclic) bond motifs is 3. The molecule has 2 aromatic carbocycles. The summed E-state index contributed by atoms with van der Waals surface area (Å²) in [5, 5.41) is 11.6. The van der Waals surface area contributed by atoms with E-state index in [1.54, 1.807) is 0 Å². The molecule has 6 rings (SSSR count). The van der Waals surface area contributed by atoms with Crippen molar-refractivity contribution in [2.24, 2.45) is 5.92 Å². The number of nitriles is 1. The number of carbonyl (C=O) groups excluding carboxylic acids is 2. The number of aromatic nitrogens is 1. The number of rotatable bonds is 5. The number of carbonyl (C=O) groups is 2. The molecular weight excluding hydrogens is 498 g/mol. The Hall–Kier alpha value is -4.11. The zero-order chi connectivity index (χ0) is 28.0. The standard InChI is InChI=1S/C34H35N3O3/c1-34(2,3)40-33(39)23-15-18-27-29(19-23)36-28-9-6-10-30(31(27)28)37(25-16-17-25)32(38)22-13-11-21(12-14-22)26-8-5-4-7-24(26)20-35/h4-5,7-9,11-14,19,23,25,30,36H,6,10,15-18H2,1-3H3. The number of esters is 1. The SMILES string of the molecule is CC(C)(C)OC(=O)C1C=c2[nH]c3c(c2CC1)C(N(C(=O)c1ccc(-c2ccccc2C#N)cc1)C1CC1)CCC=3. The van der Waals surface area contributed by atoms with Gasteiger partial charge in [-0.2, -0.15) is 5.26 Å². The molecule has 1 amide bonds. The molecule has 40 heavy (non-hydrogen) atoms. The molecule has 0 spiro atoms. The van der Waals surface area contributed by atoms with Crippen molar-refractivity contribution in [3.63, 3.8) is 0 Å². The third-order valence-electron chi connectivity index (χ3n) is 8.12. The average Bonchev–Trinajstić information content (AvgIpc) is 3.70. The number of aromatic amines is 1. The Morgan fingerprint density at radius 3 is 2.45 bits per heavy atom. The number of hydrogen-bond donors (Lipinski definition) is 1. The second-order valence-corrected chi connectivity index (χ2v) is 12.2. The molecule has 1 N–H and O–H groups in total. The van der Waals surface area contributed by atoms with Crippen LogP contribution in [-0.2, 0) is 16.0 Å². The number of ether oxygens (including phenoxy) is 1. The monoisotopic (exact) mass is 533 g/mol. The molecule has 3 aliphatic carbocycles. The molecule has 2 atom stereocenters. The Bertz CT molecular complexity index is 1630. The maximum Gasteiger partial charge on any atom is 0.313 e. The lowest BCUT2D eigenvalue weighted by Gasteiger charge is -2.34. The molecule has 1 fully saturated rings. The van der Waals surface area contributed by atoms with Gasteiger partial charge in [-0.25, -0.2) is 0 Å². The average molecular weight is 534 g/mol. The molecule has 0 radical (unpaired) electrons. The minimum atomic E-state index is -0.512. The number of nitrogens with one attached hydrogen (secondary N) is 1. The second kappa shape index (κ2) is 10.1. The van der Waals surface area contributed by atoms with Crippen LogP contribution in [0.3, 0.4) is 0 Å². The van der Waals surface area contributed by atoms with Gasteiger partial charge in [0.25, 0.3) is 5.91 Å². The van der Waals surface area contributed by atoms with Crippen LogP contribution in [0.4, 0.5) is 0 Å². The van der Waals surface area contributed by atoms with E-state index in [2.05, 4.69) is 22.0 Å². The zero-order valence-electron chi connectivity index (χ0n) is 23.4. The van der Waals surface area contributed by atoms with E-state index in [1.165, 1.54) is 11.1 Å². The van der Waals surface area contributed by atoms with Crippen molar-refractivity contribution in [1.29, 1.82) is 5.26 Å². The summed E-state index contributed by atoms with van der Waals surface area (Å²) in [5.41, 5.74) is 5.03. The Balaban J connectivity index is 1.31. The highest BCUT2D eigenvalue weighted by Gasteiger charge is 2.41. The van der Waals surface area contributed by atoms with Gasteiger partial charge in [-0.1, -0.05) is 36.4 Å². The van der Waals surface area contributed by atoms with Gasteiger partial charge in [-0.05, 0) is 100 Å². The lowest BCUT2D eigenvalue weighted by molar-refractivity contribution is -0.157. The Morgan fingerprint density at radius 2 is 1.75 bits per heavy atom. The van der Waals surface area contributed by atoms with Gasteiger partial charge >= 0.3 is 5.97 Å². The Kier molecular flexibility index (Phi) is 6.62. The molecule has 1 heterocycles. The lowest BCUT2D eigenvalue weighted by atomic mass is 9.87. The molecule has 3 aromatic rings. The normalized spacial score (nSPS) is 19.8. The lowest BCUT2D eigenvalue weighted by Crippen LogP contribution is -2.40. The number of benzene rings is 2. The molecule has 6 nitrogen and oxygen atoms in total. The third kappa shape index (κ3) is 4.97. The predicted octanol–water partition coefficient (Wildman–Crippen LogP) is 5.16. The van der Waals surface area contributed by atoms with E-state index >= 15 is 0 Å². The van der Waals surface area contributed by atoms with Gasteiger partial charge in [-0.3, -0.25) is 9.59 Å². The zero-order valence-corrected chi connectivity index (χ0v) is 23.4. The highest BCUT2D eigenvalue weighted by Crippen LogP contribution is 2.40. The number of H-pyrrole nitrogens is 1. The van der Waals surface area contributed by atoms with Gasteiger partial charge in [0.15, 0.2) is 0 Å².